The van der Waals surface area contributed by atoms with Gasteiger partial charge in [-0.25, -0.2) is 0 Å². The van der Waals surface area contributed by atoms with Crippen LogP contribution >= 0.6 is 11.3 Å². The highest BCUT2D eigenvalue weighted by Crippen LogP contribution is 2.20. The molecule has 0 N–H and O–H groups in total. The van der Waals surface area contributed by atoms with Gasteiger partial charge >= 0.3 is 0 Å². The van der Waals surface area contributed by atoms with Crippen LogP contribution in [0.3, 0.4) is 0 Å². The summed E-state index contributed by atoms with van der Waals surface area (Å²) in [6.45, 7) is 0. The van der Waals surface area contributed by atoms with Crippen LogP contribution in [0.5, 0.6) is 0 Å². The number of carbonyl (C=O) groups is 1. The van der Waals surface area contributed by atoms with Crippen LogP contribution in [0.1, 0.15) is 24.8 Å². The Balaban J connectivity index is 2.06. The Hall–Kier alpha value is -0.890. The van der Waals surface area contributed by atoms with Crippen LogP contribution in [0.2, 0.25) is 0 Å². The number of rotatable bonds is 2. The van der Waals surface area contributed by atoms with Crippen LogP contribution in [0, 0.1) is 0 Å². The molecular weight excluding hydrogens is 180 g/mol. The maximum atomic E-state index is 11.1. The summed E-state index contributed by atoms with van der Waals surface area (Å²) in [5, 5.41) is 4.24. The van der Waals surface area contributed by atoms with Crippen LogP contribution in [0.15, 0.2) is 28.5 Å². The third-order valence-corrected chi connectivity index (χ3v) is 3.03. The lowest BCUT2D eigenvalue weighted by atomic mass is 9.94. The molecule has 1 nitrogen and oxygen atoms in total. The second-order valence-electron chi connectivity index (χ2n) is 3.43. The normalized spacial score (nSPS) is 17.2. The Morgan fingerprint density at radius 2 is 2.31 bits per heavy atom. The number of thiophene rings is 1. The molecule has 0 atom stereocenters. The van der Waals surface area contributed by atoms with Gasteiger partial charge in [0.25, 0.3) is 0 Å². The highest BCUT2D eigenvalue weighted by Gasteiger charge is 2.09. The minimum absolute atomic E-state index is 0.302. The third-order valence-electron chi connectivity index (χ3n) is 2.30. The van der Waals surface area contributed by atoms with Crippen molar-refractivity contribution < 1.29 is 4.79 Å². The molecule has 0 saturated carbocycles. The van der Waals surface area contributed by atoms with E-state index in [2.05, 4.69) is 16.8 Å². The van der Waals surface area contributed by atoms with Crippen LogP contribution in [0.4, 0.5) is 0 Å². The molecule has 1 aliphatic rings. The van der Waals surface area contributed by atoms with Gasteiger partial charge in [-0.3, -0.25) is 4.79 Å². The summed E-state index contributed by atoms with van der Waals surface area (Å²) in [6.07, 6.45) is 5.68. The van der Waals surface area contributed by atoms with E-state index in [1.807, 2.05) is 6.08 Å². The van der Waals surface area contributed by atoms with Crippen molar-refractivity contribution in [2.24, 2.45) is 0 Å². The van der Waals surface area contributed by atoms with Gasteiger partial charge < -0.3 is 0 Å². The predicted octanol–water partition coefficient (Wildman–Crippen LogP) is 2.97. The average molecular weight is 192 g/mol. The van der Waals surface area contributed by atoms with Crippen LogP contribution in [-0.2, 0) is 11.2 Å². The minimum atomic E-state index is 0.302. The van der Waals surface area contributed by atoms with Gasteiger partial charge in [0.2, 0.25) is 0 Å². The van der Waals surface area contributed by atoms with E-state index in [0.717, 1.165) is 25.7 Å². The molecule has 1 aromatic heterocycles. The Labute approximate surface area is 82.1 Å². The molecule has 1 aliphatic carbocycles. The highest BCUT2D eigenvalue weighted by atomic mass is 32.1. The molecule has 0 saturated heterocycles. The van der Waals surface area contributed by atoms with Gasteiger partial charge in [-0.2, -0.15) is 11.3 Å². The van der Waals surface area contributed by atoms with Crippen molar-refractivity contribution in [2.75, 3.05) is 0 Å². The number of hydrogen-bond acceptors (Lipinski definition) is 2. The van der Waals surface area contributed by atoms with Crippen molar-refractivity contribution >= 4 is 17.1 Å². The fourth-order valence-corrected chi connectivity index (χ4v) is 2.33. The average Bonchev–Trinajstić information content (AvgIpc) is 2.57. The molecule has 0 aromatic carbocycles. The lowest BCUT2D eigenvalue weighted by Crippen LogP contribution is -2.04. The van der Waals surface area contributed by atoms with E-state index in [-0.39, 0.29) is 0 Å². The van der Waals surface area contributed by atoms with Gasteiger partial charge in [0.1, 0.15) is 0 Å². The molecule has 0 aliphatic heterocycles. The smallest absolute Gasteiger partial charge is 0.155 e. The standard InChI is InChI=1S/C11H12OS/c12-11-3-1-2-9(7-11)6-10-4-5-13-8-10/h4-5,7-8H,1-3,6H2. The topological polar surface area (TPSA) is 17.1 Å². The summed E-state index contributed by atoms with van der Waals surface area (Å²) in [5.74, 6) is 0.302. The molecule has 0 amide bonds. The number of carbonyl (C=O) groups excluding carboxylic acids is 1. The molecule has 68 valence electrons. The fourth-order valence-electron chi connectivity index (χ4n) is 1.66. The SMILES string of the molecule is O=C1C=C(Cc2ccsc2)CCC1. The van der Waals surface area contributed by atoms with Crippen LogP contribution in [0.25, 0.3) is 0 Å². The molecule has 2 rings (SSSR count). The van der Waals surface area contributed by atoms with Gasteiger partial charge in [0, 0.05) is 6.42 Å². The summed E-state index contributed by atoms with van der Waals surface area (Å²) < 4.78 is 0. The summed E-state index contributed by atoms with van der Waals surface area (Å²) >= 11 is 1.72. The van der Waals surface area contributed by atoms with Crippen molar-refractivity contribution in [3.63, 3.8) is 0 Å². The first-order chi connectivity index (χ1) is 6.34. The Bertz CT molecular complexity index is 322. The molecule has 1 heterocycles. The van der Waals surface area contributed by atoms with Crippen molar-refractivity contribution in [1.29, 1.82) is 0 Å². The molecule has 2 heteroatoms. The zero-order valence-corrected chi connectivity index (χ0v) is 8.27. The minimum Gasteiger partial charge on any atom is -0.295 e. The zero-order valence-electron chi connectivity index (χ0n) is 7.45. The van der Waals surface area contributed by atoms with Gasteiger partial charge in [0.05, 0.1) is 0 Å². The summed E-state index contributed by atoms with van der Waals surface area (Å²) in [5.41, 5.74) is 2.64. The van der Waals surface area contributed by atoms with Crippen molar-refractivity contribution in [3.05, 3.63) is 34.0 Å². The van der Waals surface area contributed by atoms with E-state index >= 15 is 0 Å². The first kappa shape index (κ1) is 8.70. The Kier molecular flexibility index (Phi) is 2.60. The number of hydrogen-bond donors (Lipinski definition) is 0. The van der Waals surface area contributed by atoms with Crippen molar-refractivity contribution in [1.82, 2.24) is 0 Å². The van der Waals surface area contributed by atoms with E-state index in [4.69, 9.17) is 0 Å². The van der Waals surface area contributed by atoms with E-state index in [1.54, 1.807) is 11.3 Å². The van der Waals surface area contributed by atoms with Crippen LogP contribution < -0.4 is 0 Å². The molecule has 0 fully saturated rings. The first-order valence-electron chi connectivity index (χ1n) is 4.58. The van der Waals surface area contributed by atoms with Crippen molar-refractivity contribution in [2.45, 2.75) is 25.7 Å². The molecule has 0 spiro atoms. The highest BCUT2D eigenvalue weighted by molar-refractivity contribution is 7.07. The van der Waals surface area contributed by atoms with Gasteiger partial charge in [-0.15, -0.1) is 0 Å². The number of allylic oxidation sites excluding steroid dienone is 2. The van der Waals surface area contributed by atoms with Crippen LogP contribution in [-0.4, -0.2) is 5.78 Å². The number of ketones is 1. The second-order valence-corrected chi connectivity index (χ2v) is 4.21. The predicted molar refractivity (Wildman–Crippen MR) is 55.0 cm³/mol. The molecule has 0 radical (unpaired) electrons. The molecule has 0 bridgehead atoms. The maximum absolute atomic E-state index is 11.1. The van der Waals surface area contributed by atoms with E-state index < -0.39 is 0 Å². The Morgan fingerprint density at radius 3 is 3.00 bits per heavy atom. The quantitative estimate of drug-likeness (QED) is 0.704. The van der Waals surface area contributed by atoms with E-state index in [0.29, 0.717) is 5.78 Å². The van der Waals surface area contributed by atoms with Gasteiger partial charge in [-0.05, 0) is 47.7 Å². The van der Waals surface area contributed by atoms with E-state index in [1.165, 1.54) is 11.1 Å². The van der Waals surface area contributed by atoms with Gasteiger partial charge in [0.15, 0.2) is 5.78 Å². The Morgan fingerprint density at radius 1 is 1.38 bits per heavy atom. The largest absolute Gasteiger partial charge is 0.295 e. The second kappa shape index (κ2) is 3.88. The molecule has 13 heavy (non-hydrogen) atoms. The third kappa shape index (κ3) is 2.28. The molecule has 0 unspecified atom stereocenters. The lowest BCUT2D eigenvalue weighted by Gasteiger charge is -2.10. The lowest BCUT2D eigenvalue weighted by molar-refractivity contribution is -0.115. The maximum Gasteiger partial charge on any atom is 0.155 e. The fraction of sp³-hybridized carbons (Fsp3) is 0.364. The molecular formula is C11H12OS. The summed E-state index contributed by atoms with van der Waals surface area (Å²) in [7, 11) is 0. The van der Waals surface area contributed by atoms with Gasteiger partial charge in [-0.1, -0.05) is 5.57 Å². The van der Waals surface area contributed by atoms with E-state index in [9.17, 15) is 4.79 Å². The summed E-state index contributed by atoms with van der Waals surface area (Å²) in [4.78, 5) is 11.1. The zero-order chi connectivity index (χ0) is 9.10. The molecule has 1 aromatic rings. The first-order valence-corrected chi connectivity index (χ1v) is 5.52. The monoisotopic (exact) mass is 192 g/mol. The summed E-state index contributed by atoms with van der Waals surface area (Å²) in [6, 6.07) is 2.13. The van der Waals surface area contributed by atoms with Crippen molar-refractivity contribution in [3.8, 4) is 0 Å².